The summed E-state index contributed by atoms with van der Waals surface area (Å²) in [7, 11) is -0.745. The number of hydrogen-bond acceptors (Lipinski definition) is 3. The van der Waals surface area contributed by atoms with Crippen molar-refractivity contribution in [1.29, 1.82) is 0 Å². The molecule has 0 aromatic heterocycles. The van der Waals surface area contributed by atoms with Crippen LogP contribution in [0.1, 0.15) is 39.0 Å². The van der Waals surface area contributed by atoms with Crippen molar-refractivity contribution in [3.63, 3.8) is 0 Å². The molecule has 2 atom stereocenters. The van der Waals surface area contributed by atoms with E-state index in [-0.39, 0.29) is 11.9 Å². The van der Waals surface area contributed by atoms with Crippen molar-refractivity contribution < 1.29 is 9.00 Å². The third-order valence-corrected chi connectivity index (χ3v) is 3.98. The molecule has 1 aliphatic rings. The Morgan fingerprint density at radius 2 is 2.06 bits per heavy atom. The van der Waals surface area contributed by atoms with E-state index in [4.69, 9.17) is 0 Å². The zero-order valence-electron chi connectivity index (χ0n) is 10.8. The standard InChI is InChI=1S/C12H24N2O2S/c1-10(7-8-17(2)16)13-9-12(15)14-11-5-3-4-6-11/h10-11,13H,3-9H2,1-2H3,(H,14,15). The first kappa shape index (κ1) is 14.6. The fraction of sp³-hybridized carbons (Fsp3) is 0.917. The maximum absolute atomic E-state index is 11.6. The Labute approximate surface area is 106 Å². The predicted molar refractivity (Wildman–Crippen MR) is 71.4 cm³/mol. The average molecular weight is 260 g/mol. The topological polar surface area (TPSA) is 58.2 Å². The van der Waals surface area contributed by atoms with Crippen LogP contribution >= 0.6 is 0 Å². The van der Waals surface area contributed by atoms with Gasteiger partial charge < -0.3 is 10.6 Å². The highest BCUT2D eigenvalue weighted by atomic mass is 32.2. The lowest BCUT2D eigenvalue weighted by Gasteiger charge is -2.15. The lowest BCUT2D eigenvalue weighted by atomic mass is 10.2. The Balaban J connectivity index is 2.07. The van der Waals surface area contributed by atoms with Gasteiger partial charge >= 0.3 is 0 Å². The van der Waals surface area contributed by atoms with E-state index in [1.807, 2.05) is 6.92 Å². The number of carbonyl (C=O) groups excluding carboxylic acids is 1. The highest BCUT2D eigenvalue weighted by molar-refractivity contribution is 7.84. The van der Waals surface area contributed by atoms with Crippen LogP contribution in [0.4, 0.5) is 0 Å². The summed E-state index contributed by atoms with van der Waals surface area (Å²) >= 11 is 0. The molecule has 0 aliphatic heterocycles. The molecule has 0 bridgehead atoms. The smallest absolute Gasteiger partial charge is 0.234 e. The fourth-order valence-electron chi connectivity index (χ4n) is 2.06. The SMILES string of the molecule is CC(CCS(C)=O)NCC(=O)NC1CCCC1. The van der Waals surface area contributed by atoms with E-state index < -0.39 is 10.8 Å². The summed E-state index contributed by atoms with van der Waals surface area (Å²) in [6.07, 6.45) is 7.26. The Kier molecular flexibility index (Phi) is 6.73. The van der Waals surface area contributed by atoms with E-state index in [1.165, 1.54) is 12.8 Å². The molecule has 2 unspecified atom stereocenters. The first-order valence-corrected chi connectivity index (χ1v) is 8.13. The Bertz CT molecular complexity index is 265. The second-order valence-corrected chi connectivity index (χ2v) is 6.45. The molecule has 1 rings (SSSR count). The van der Waals surface area contributed by atoms with Gasteiger partial charge in [0.2, 0.25) is 5.91 Å². The number of hydrogen-bond donors (Lipinski definition) is 2. The van der Waals surface area contributed by atoms with Crippen LogP contribution in [-0.4, -0.2) is 40.8 Å². The zero-order chi connectivity index (χ0) is 12.7. The van der Waals surface area contributed by atoms with Crippen LogP contribution in [0, 0.1) is 0 Å². The molecule has 0 aromatic rings. The van der Waals surface area contributed by atoms with E-state index >= 15 is 0 Å². The van der Waals surface area contributed by atoms with Crippen LogP contribution in [-0.2, 0) is 15.6 Å². The molecule has 0 saturated heterocycles. The first-order valence-electron chi connectivity index (χ1n) is 6.40. The van der Waals surface area contributed by atoms with E-state index in [0.717, 1.165) is 19.3 Å². The number of rotatable bonds is 7. The third kappa shape index (κ3) is 6.78. The van der Waals surface area contributed by atoms with Crippen molar-refractivity contribution in [1.82, 2.24) is 10.6 Å². The first-order chi connectivity index (χ1) is 8.08. The maximum atomic E-state index is 11.6. The van der Waals surface area contributed by atoms with Crippen LogP contribution in [0.15, 0.2) is 0 Å². The van der Waals surface area contributed by atoms with Crippen LogP contribution in [0.25, 0.3) is 0 Å². The quantitative estimate of drug-likeness (QED) is 0.711. The summed E-state index contributed by atoms with van der Waals surface area (Å²) in [6, 6.07) is 0.635. The monoisotopic (exact) mass is 260 g/mol. The molecule has 1 saturated carbocycles. The zero-order valence-corrected chi connectivity index (χ0v) is 11.6. The van der Waals surface area contributed by atoms with Crippen LogP contribution < -0.4 is 10.6 Å². The van der Waals surface area contributed by atoms with E-state index in [1.54, 1.807) is 6.26 Å². The molecule has 0 aromatic carbocycles. The van der Waals surface area contributed by atoms with Gasteiger partial charge in [0.05, 0.1) is 6.54 Å². The van der Waals surface area contributed by atoms with Gasteiger partial charge in [-0.1, -0.05) is 12.8 Å². The van der Waals surface area contributed by atoms with Crippen molar-refractivity contribution >= 4 is 16.7 Å². The second-order valence-electron chi connectivity index (χ2n) is 4.90. The molecule has 17 heavy (non-hydrogen) atoms. The van der Waals surface area contributed by atoms with Gasteiger partial charge in [-0.3, -0.25) is 9.00 Å². The van der Waals surface area contributed by atoms with Crippen molar-refractivity contribution in [2.75, 3.05) is 18.6 Å². The molecule has 0 radical (unpaired) electrons. The Hall–Kier alpha value is -0.420. The molecular formula is C12H24N2O2S. The van der Waals surface area contributed by atoms with Crippen LogP contribution in [0.3, 0.4) is 0 Å². The molecule has 4 nitrogen and oxygen atoms in total. The van der Waals surface area contributed by atoms with Crippen LogP contribution in [0.2, 0.25) is 0 Å². The van der Waals surface area contributed by atoms with E-state index in [2.05, 4.69) is 10.6 Å². The second kappa shape index (κ2) is 7.82. The summed E-state index contributed by atoms with van der Waals surface area (Å²) in [5.41, 5.74) is 0. The minimum Gasteiger partial charge on any atom is -0.352 e. The molecule has 2 N–H and O–H groups in total. The van der Waals surface area contributed by atoms with Crippen LogP contribution in [0.5, 0.6) is 0 Å². The highest BCUT2D eigenvalue weighted by Crippen LogP contribution is 2.17. The minimum absolute atomic E-state index is 0.0846. The summed E-state index contributed by atoms with van der Waals surface area (Å²) in [5.74, 6) is 0.777. The molecule has 100 valence electrons. The van der Waals surface area contributed by atoms with Gasteiger partial charge in [0.15, 0.2) is 0 Å². The van der Waals surface area contributed by atoms with Crippen molar-refractivity contribution in [2.45, 2.75) is 51.1 Å². The largest absolute Gasteiger partial charge is 0.352 e. The van der Waals surface area contributed by atoms with Gasteiger partial charge in [-0.25, -0.2) is 0 Å². The van der Waals surface area contributed by atoms with E-state index in [0.29, 0.717) is 18.3 Å². The summed E-state index contributed by atoms with van der Waals surface area (Å²) in [6.45, 7) is 2.39. The number of nitrogens with one attached hydrogen (secondary N) is 2. The van der Waals surface area contributed by atoms with Gasteiger partial charge in [-0.05, 0) is 26.2 Å². The molecular weight excluding hydrogens is 236 g/mol. The average Bonchev–Trinajstić information content (AvgIpc) is 2.76. The lowest BCUT2D eigenvalue weighted by molar-refractivity contribution is -0.121. The number of carbonyl (C=O) groups is 1. The highest BCUT2D eigenvalue weighted by Gasteiger charge is 2.17. The predicted octanol–water partition coefficient (Wildman–Crippen LogP) is 0.792. The Morgan fingerprint density at radius 1 is 1.41 bits per heavy atom. The lowest BCUT2D eigenvalue weighted by Crippen LogP contribution is -2.41. The normalized spacial score (nSPS) is 20.1. The van der Waals surface area contributed by atoms with Crippen molar-refractivity contribution in [3.8, 4) is 0 Å². The summed E-state index contributed by atoms with van der Waals surface area (Å²) < 4.78 is 10.9. The summed E-state index contributed by atoms with van der Waals surface area (Å²) in [4.78, 5) is 11.6. The number of amides is 1. The van der Waals surface area contributed by atoms with Crippen molar-refractivity contribution in [3.05, 3.63) is 0 Å². The third-order valence-electron chi connectivity index (χ3n) is 3.17. The van der Waals surface area contributed by atoms with E-state index in [9.17, 15) is 9.00 Å². The van der Waals surface area contributed by atoms with Gasteiger partial charge in [0, 0.05) is 34.9 Å². The molecule has 1 amide bonds. The fourth-order valence-corrected chi connectivity index (χ4v) is 2.75. The molecule has 0 spiro atoms. The van der Waals surface area contributed by atoms with Crippen molar-refractivity contribution in [2.24, 2.45) is 0 Å². The molecule has 5 heteroatoms. The molecule has 0 heterocycles. The van der Waals surface area contributed by atoms with Gasteiger partial charge in [0.25, 0.3) is 0 Å². The Morgan fingerprint density at radius 3 is 2.65 bits per heavy atom. The summed E-state index contributed by atoms with van der Waals surface area (Å²) in [5, 5.41) is 6.20. The minimum atomic E-state index is -0.745. The maximum Gasteiger partial charge on any atom is 0.234 e. The molecule has 1 aliphatic carbocycles. The van der Waals surface area contributed by atoms with Gasteiger partial charge in [0.1, 0.15) is 0 Å². The van der Waals surface area contributed by atoms with Gasteiger partial charge in [-0.15, -0.1) is 0 Å². The van der Waals surface area contributed by atoms with Gasteiger partial charge in [-0.2, -0.15) is 0 Å². The molecule has 1 fully saturated rings.